The van der Waals surface area contributed by atoms with Crippen LogP contribution in [0.5, 0.6) is 11.5 Å². The second kappa shape index (κ2) is 3.01. The topological polar surface area (TPSA) is 59.4 Å². The monoisotopic (exact) mass is 153 g/mol. The lowest BCUT2D eigenvalue weighted by Crippen LogP contribution is -1.92. The average molecular weight is 153 g/mol. The summed E-state index contributed by atoms with van der Waals surface area (Å²) in [5.41, 5.74) is 0.185. The lowest BCUT2D eigenvalue weighted by Gasteiger charge is -2.01. The molecule has 0 aliphatic carbocycles. The molecule has 0 bridgehead atoms. The van der Waals surface area contributed by atoms with Crippen molar-refractivity contribution in [3.63, 3.8) is 0 Å². The number of methoxy groups -OCH3 is 1. The van der Waals surface area contributed by atoms with E-state index in [9.17, 15) is 4.79 Å². The molecule has 1 aromatic heterocycles. The Morgan fingerprint density at radius 1 is 1.73 bits per heavy atom. The highest BCUT2D eigenvalue weighted by atomic mass is 16.5. The molecule has 0 atom stereocenters. The number of nitrogens with zero attached hydrogens (tertiary/aromatic N) is 1. The maximum Gasteiger partial charge on any atom is 0.172 e. The fourth-order valence-corrected chi connectivity index (χ4v) is 0.697. The van der Waals surface area contributed by atoms with Crippen LogP contribution in [0.15, 0.2) is 12.3 Å². The molecule has 4 heteroatoms. The first-order valence-corrected chi connectivity index (χ1v) is 2.96. The van der Waals surface area contributed by atoms with Gasteiger partial charge >= 0.3 is 0 Å². The molecule has 1 aromatic rings. The van der Waals surface area contributed by atoms with E-state index in [0.717, 1.165) is 0 Å². The van der Waals surface area contributed by atoms with Crippen LogP contribution in [0.25, 0.3) is 0 Å². The minimum Gasteiger partial charge on any atom is -0.506 e. The first kappa shape index (κ1) is 7.53. The van der Waals surface area contributed by atoms with E-state index in [4.69, 9.17) is 9.84 Å². The third-order valence-electron chi connectivity index (χ3n) is 1.20. The predicted molar refractivity (Wildman–Crippen MR) is 37.8 cm³/mol. The highest BCUT2D eigenvalue weighted by Gasteiger charge is 2.02. The van der Waals surface area contributed by atoms with Crippen LogP contribution in [0.4, 0.5) is 0 Å². The van der Waals surface area contributed by atoms with Gasteiger partial charge in [0.05, 0.1) is 13.3 Å². The zero-order chi connectivity index (χ0) is 8.27. The number of hydrogen-bond donors (Lipinski definition) is 1. The Morgan fingerprint density at radius 2 is 2.45 bits per heavy atom. The molecule has 58 valence electrons. The van der Waals surface area contributed by atoms with Gasteiger partial charge in [-0.25, -0.2) is 4.98 Å². The van der Waals surface area contributed by atoms with Crippen LogP contribution in [-0.2, 0) is 0 Å². The maximum absolute atomic E-state index is 10.3. The van der Waals surface area contributed by atoms with Crippen LogP contribution in [-0.4, -0.2) is 23.5 Å². The number of rotatable bonds is 2. The number of carbonyl (C=O) groups is 1. The van der Waals surface area contributed by atoms with Gasteiger partial charge < -0.3 is 9.84 Å². The third kappa shape index (κ3) is 1.46. The predicted octanol–water partition coefficient (Wildman–Crippen LogP) is 0.608. The third-order valence-corrected chi connectivity index (χ3v) is 1.20. The van der Waals surface area contributed by atoms with Gasteiger partial charge in [-0.05, 0) is 0 Å². The Kier molecular flexibility index (Phi) is 2.06. The van der Waals surface area contributed by atoms with E-state index in [1.165, 1.54) is 19.4 Å². The number of aromatic nitrogens is 1. The summed E-state index contributed by atoms with van der Waals surface area (Å²) in [6.45, 7) is 0. The van der Waals surface area contributed by atoms with Gasteiger partial charge in [0.2, 0.25) is 0 Å². The van der Waals surface area contributed by atoms with Crippen molar-refractivity contribution in [1.29, 1.82) is 0 Å². The molecule has 0 unspecified atom stereocenters. The van der Waals surface area contributed by atoms with Gasteiger partial charge in [0.15, 0.2) is 12.0 Å². The van der Waals surface area contributed by atoms with Crippen LogP contribution in [0, 0.1) is 0 Å². The molecule has 11 heavy (non-hydrogen) atoms. The molecule has 1 rings (SSSR count). The Morgan fingerprint density at radius 3 is 3.00 bits per heavy atom. The van der Waals surface area contributed by atoms with Crippen molar-refractivity contribution in [2.24, 2.45) is 0 Å². The number of ether oxygens (including phenoxy) is 1. The molecule has 1 N–H and O–H groups in total. The van der Waals surface area contributed by atoms with Crippen molar-refractivity contribution >= 4 is 6.29 Å². The molecule has 0 saturated carbocycles. The number of carbonyl (C=O) groups excluding carboxylic acids is 1. The van der Waals surface area contributed by atoms with Crippen LogP contribution in [0.2, 0.25) is 0 Å². The van der Waals surface area contributed by atoms with E-state index >= 15 is 0 Å². The summed E-state index contributed by atoms with van der Waals surface area (Å²) >= 11 is 0. The SMILES string of the molecule is COc1cc(O)cnc1C=O. The van der Waals surface area contributed by atoms with Crippen molar-refractivity contribution in [2.75, 3.05) is 7.11 Å². The molecule has 0 amide bonds. The number of aromatic hydroxyl groups is 1. The number of hydrogen-bond acceptors (Lipinski definition) is 4. The summed E-state index contributed by atoms with van der Waals surface area (Å²) in [6.07, 6.45) is 1.75. The smallest absolute Gasteiger partial charge is 0.172 e. The number of aldehydes is 1. The quantitative estimate of drug-likeness (QED) is 0.632. The standard InChI is InChI=1S/C7H7NO3/c1-11-7-2-5(10)3-8-6(7)4-9/h2-4,10H,1H3. The van der Waals surface area contributed by atoms with E-state index in [1.807, 2.05) is 0 Å². The van der Waals surface area contributed by atoms with Crippen LogP contribution < -0.4 is 4.74 Å². The molecule has 0 aliphatic rings. The van der Waals surface area contributed by atoms with E-state index in [1.54, 1.807) is 0 Å². The lowest BCUT2D eigenvalue weighted by molar-refractivity contribution is 0.111. The second-order valence-corrected chi connectivity index (χ2v) is 1.90. The molecule has 0 radical (unpaired) electrons. The summed E-state index contributed by atoms with van der Waals surface area (Å²) < 4.78 is 4.76. The zero-order valence-corrected chi connectivity index (χ0v) is 5.94. The van der Waals surface area contributed by atoms with Crippen molar-refractivity contribution in [3.05, 3.63) is 18.0 Å². The molecule has 0 saturated heterocycles. The van der Waals surface area contributed by atoms with Gasteiger partial charge in [0.25, 0.3) is 0 Å². The van der Waals surface area contributed by atoms with Crippen molar-refractivity contribution in [3.8, 4) is 11.5 Å². The van der Waals surface area contributed by atoms with E-state index in [0.29, 0.717) is 6.29 Å². The normalized spacial score (nSPS) is 9.18. The summed E-state index contributed by atoms with van der Waals surface area (Å²) in [5.74, 6) is 0.257. The van der Waals surface area contributed by atoms with Crippen molar-refractivity contribution in [1.82, 2.24) is 4.98 Å². The van der Waals surface area contributed by atoms with Gasteiger partial charge in [-0.15, -0.1) is 0 Å². The van der Waals surface area contributed by atoms with Crippen molar-refractivity contribution < 1.29 is 14.6 Å². The lowest BCUT2D eigenvalue weighted by atomic mass is 10.3. The van der Waals surface area contributed by atoms with Crippen molar-refractivity contribution in [2.45, 2.75) is 0 Å². The molecular formula is C7H7NO3. The summed E-state index contributed by atoms with van der Waals surface area (Å²) in [6, 6.07) is 1.33. The molecular weight excluding hydrogens is 146 g/mol. The van der Waals surface area contributed by atoms with Gasteiger partial charge in [-0.3, -0.25) is 4.79 Å². The average Bonchev–Trinajstić information content (AvgIpc) is 2.04. The van der Waals surface area contributed by atoms with Crippen LogP contribution in [0.1, 0.15) is 10.5 Å². The molecule has 0 aromatic carbocycles. The van der Waals surface area contributed by atoms with Gasteiger partial charge in [-0.1, -0.05) is 0 Å². The summed E-state index contributed by atoms with van der Waals surface area (Å²) in [5, 5.41) is 8.91. The minimum absolute atomic E-state index is 0.0209. The number of pyridine rings is 1. The molecule has 0 aliphatic heterocycles. The first-order valence-electron chi connectivity index (χ1n) is 2.96. The fraction of sp³-hybridized carbons (Fsp3) is 0.143. The molecule has 1 heterocycles. The maximum atomic E-state index is 10.3. The molecule has 4 nitrogen and oxygen atoms in total. The van der Waals surface area contributed by atoms with E-state index < -0.39 is 0 Å². The summed E-state index contributed by atoms with van der Waals surface area (Å²) in [4.78, 5) is 13.9. The minimum atomic E-state index is -0.0209. The highest BCUT2D eigenvalue weighted by Crippen LogP contribution is 2.18. The largest absolute Gasteiger partial charge is 0.506 e. The Hall–Kier alpha value is -1.58. The molecule has 0 spiro atoms. The van der Waals surface area contributed by atoms with Gasteiger partial charge in [0.1, 0.15) is 11.4 Å². The van der Waals surface area contributed by atoms with E-state index in [-0.39, 0.29) is 17.2 Å². The summed E-state index contributed by atoms with van der Waals surface area (Å²) in [7, 11) is 1.41. The Balaban J connectivity index is 3.16. The van der Waals surface area contributed by atoms with Crippen LogP contribution >= 0.6 is 0 Å². The Labute approximate surface area is 63.5 Å². The fourth-order valence-electron chi connectivity index (χ4n) is 0.697. The van der Waals surface area contributed by atoms with Gasteiger partial charge in [-0.2, -0.15) is 0 Å². The zero-order valence-electron chi connectivity index (χ0n) is 5.94. The highest BCUT2D eigenvalue weighted by molar-refractivity contribution is 5.76. The van der Waals surface area contributed by atoms with Gasteiger partial charge in [0, 0.05) is 6.07 Å². The van der Waals surface area contributed by atoms with E-state index in [2.05, 4.69) is 4.98 Å². The first-order chi connectivity index (χ1) is 5.27. The van der Waals surface area contributed by atoms with Crippen LogP contribution in [0.3, 0.4) is 0 Å². The Bertz CT molecular complexity index is 272. The second-order valence-electron chi connectivity index (χ2n) is 1.90. The molecule has 0 fully saturated rings.